The first-order valence-electron chi connectivity index (χ1n) is 11.3. The summed E-state index contributed by atoms with van der Waals surface area (Å²) in [6.45, 7) is 25.4. The lowest BCUT2D eigenvalue weighted by atomic mass is 10.1. The van der Waals surface area contributed by atoms with Gasteiger partial charge < -0.3 is 10.3 Å². The lowest BCUT2D eigenvalue weighted by Gasteiger charge is -2.01. The number of nitrogens with zero attached hydrogens (tertiary/aromatic N) is 2. The van der Waals surface area contributed by atoms with Gasteiger partial charge in [-0.05, 0) is 35.5 Å². The van der Waals surface area contributed by atoms with Gasteiger partial charge in [0.1, 0.15) is 12.5 Å². The molecule has 1 aliphatic rings. The zero-order valence-corrected chi connectivity index (χ0v) is 21.7. The van der Waals surface area contributed by atoms with Crippen LogP contribution in [0.25, 0.3) is 0 Å². The molecule has 0 unspecified atom stereocenters. The fraction of sp³-hybridized carbons (Fsp3) is 0.640. The quantitative estimate of drug-likeness (QED) is 0.409. The molecule has 2 N–H and O–H groups in total. The average Bonchev–Trinajstić information content (AvgIpc) is 3.48. The largest absolute Gasteiger partial charge is 0.402 e. The molecule has 5 heteroatoms. The van der Waals surface area contributed by atoms with Gasteiger partial charge in [-0.1, -0.05) is 88.2 Å². The van der Waals surface area contributed by atoms with E-state index in [2.05, 4.69) is 48.4 Å². The Hall–Kier alpha value is -2.17. The van der Waals surface area contributed by atoms with Gasteiger partial charge >= 0.3 is 0 Å². The zero-order valence-electron chi connectivity index (χ0n) is 21.7. The molecular weight excluding hydrogens is 374 g/mol. The summed E-state index contributed by atoms with van der Waals surface area (Å²) in [6, 6.07) is 0. The van der Waals surface area contributed by atoms with Crippen LogP contribution in [-0.4, -0.2) is 24.2 Å². The Bertz CT molecular complexity index is 529. The number of nitrogens with two attached hydrogens (primary N) is 1. The fourth-order valence-electron chi connectivity index (χ4n) is 1.50. The monoisotopic (exact) mass is 423 g/mol. The third-order valence-corrected chi connectivity index (χ3v) is 3.45. The SMILES string of the molecule is CC.CC.CC.CC(C)C(N)=CC=O.CC(C)C1=CC=NC1.CC(C)c1cnoc1. The van der Waals surface area contributed by atoms with Crippen LogP contribution in [0.2, 0.25) is 0 Å². The Morgan fingerprint density at radius 2 is 1.53 bits per heavy atom. The van der Waals surface area contributed by atoms with E-state index >= 15 is 0 Å². The van der Waals surface area contributed by atoms with E-state index in [1.807, 2.05) is 61.6 Å². The fourth-order valence-corrected chi connectivity index (χ4v) is 1.50. The van der Waals surface area contributed by atoms with Crippen LogP contribution in [0.4, 0.5) is 0 Å². The molecule has 0 aromatic carbocycles. The molecule has 0 atom stereocenters. The molecule has 0 aliphatic carbocycles. The minimum absolute atomic E-state index is 0.278. The van der Waals surface area contributed by atoms with Crippen molar-refractivity contribution in [3.05, 3.63) is 41.4 Å². The minimum Gasteiger partial charge on any atom is -0.402 e. The number of aldehydes is 1. The van der Waals surface area contributed by atoms with Crippen molar-refractivity contribution in [1.82, 2.24) is 5.16 Å². The van der Waals surface area contributed by atoms with Crippen LogP contribution >= 0.6 is 0 Å². The Morgan fingerprint density at radius 3 is 1.70 bits per heavy atom. The predicted molar refractivity (Wildman–Crippen MR) is 134 cm³/mol. The first kappa shape index (κ1) is 35.3. The van der Waals surface area contributed by atoms with Gasteiger partial charge in [0.25, 0.3) is 0 Å². The number of hydrogen-bond acceptors (Lipinski definition) is 5. The molecular formula is C25H49N3O2. The predicted octanol–water partition coefficient (Wildman–Crippen LogP) is 7.21. The van der Waals surface area contributed by atoms with E-state index in [9.17, 15) is 4.79 Å². The Kier molecular flexibility index (Phi) is 31.6. The zero-order chi connectivity index (χ0) is 24.5. The standard InChI is InChI=1S/C7H11N.C6H9NO.C6H11NO.3C2H6/c1-6(2)7-3-4-8-5-7;1-5(2)6-3-7-8-4-6;1-5(2)6(7)3-4-8;3*1-2/h3-4,6H,5H2,1-2H3;3-5H,1-2H3;3-5H,7H2,1-2H3;3*1-2H3. The molecule has 0 saturated heterocycles. The van der Waals surface area contributed by atoms with Crippen molar-refractivity contribution in [3.63, 3.8) is 0 Å². The van der Waals surface area contributed by atoms with Crippen LogP contribution in [0.15, 0.2) is 45.4 Å². The molecule has 0 saturated carbocycles. The molecule has 2 rings (SSSR count). The van der Waals surface area contributed by atoms with Gasteiger partial charge in [-0.25, -0.2) is 0 Å². The Balaban J connectivity index is -0.000000150. The molecule has 0 bridgehead atoms. The van der Waals surface area contributed by atoms with Crippen LogP contribution in [-0.2, 0) is 4.79 Å². The Morgan fingerprint density at radius 1 is 1.00 bits per heavy atom. The highest BCUT2D eigenvalue weighted by atomic mass is 16.5. The molecule has 0 amide bonds. The summed E-state index contributed by atoms with van der Waals surface area (Å²) in [6.07, 6.45) is 9.48. The molecule has 1 aromatic rings. The molecule has 5 nitrogen and oxygen atoms in total. The van der Waals surface area contributed by atoms with Crippen LogP contribution < -0.4 is 5.73 Å². The van der Waals surface area contributed by atoms with Gasteiger partial charge in [-0.2, -0.15) is 0 Å². The minimum atomic E-state index is 0.278. The number of aliphatic imine (C=N–C) groups is 1. The highest BCUT2D eigenvalue weighted by molar-refractivity contribution is 5.75. The van der Waals surface area contributed by atoms with Crippen molar-refractivity contribution in [2.75, 3.05) is 6.54 Å². The van der Waals surface area contributed by atoms with Crippen LogP contribution in [0.1, 0.15) is 94.6 Å². The second kappa shape index (κ2) is 26.8. The first-order chi connectivity index (χ1) is 14.3. The van der Waals surface area contributed by atoms with Crippen molar-refractivity contribution in [2.45, 2.75) is 89.0 Å². The Labute approximate surface area is 186 Å². The summed E-state index contributed by atoms with van der Waals surface area (Å²) in [7, 11) is 0. The maximum atomic E-state index is 9.76. The average molecular weight is 424 g/mol. The van der Waals surface area contributed by atoms with E-state index < -0.39 is 0 Å². The van der Waals surface area contributed by atoms with Gasteiger partial charge in [-0.15, -0.1) is 0 Å². The second-order valence-electron chi connectivity index (χ2n) is 6.46. The van der Waals surface area contributed by atoms with Crippen LogP contribution in [0.5, 0.6) is 0 Å². The summed E-state index contributed by atoms with van der Waals surface area (Å²) in [5.74, 6) is 1.49. The number of carbonyl (C=O) groups is 1. The maximum absolute atomic E-state index is 9.76. The second-order valence-corrected chi connectivity index (χ2v) is 6.46. The summed E-state index contributed by atoms with van der Waals surface area (Å²) < 4.78 is 4.63. The van der Waals surface area contributed by atoms with Gasteiger partial charge in [0.15, 0.2) is 0 Å². The van der Waals surface area contributed by atoms with Gasteiger partial charge in [-0.3, -0.25) is 9.79 Å². The third-order valence-electron chi connectivity index (χ3n) is 3.45. The van der Waals surface area contributed by atoms with Gasteiger partial charge in [0.05, 0.1) is 12.7 Å². The van der Waals surface area contributed by atoms with Crippen molar-refractivity contribution >= 4 is 12.5 Å². The lowest BCUT2D eigenvalue weighted by molar-refractivity contribution is -0.104. The number of rotatable bonds is 4. The summed E-state index contributed by atoms with van der Waals surface area (Å²) in [5.41, 5.74) is 8.60. The highest BCUT2D eigenvalue weighted by Gasteiger charge is 2.02. The lowest BCUT2D eigenvalue weighted by Crippen LogP contribution is -2.04. The van der Waals surface area contributed by atoms with E-state index in [1.54, 1.807) is 12.5 Å². The van der Waals surface area contributed by atoms with Crippen molar-refractivity contribution < 1.29 is 9.32 Å². The first-order valence-corrected chi connectivity index (χ1v) is 11.3. The smallest absolute Gasteiger partial charge is 0.144 e. The third kappa shape index (κ3) is 22.1. The van der Waals surface area contributed by atoms with Crippen LogP contribution in [0.3, 0.4) is 0 Å². The van der Waals surface area contributed by atoms with Crippen LogP contribution in [0, 0.1) is 11.8 Å². The number of hydrogen-bond donors (Lipinski definition) is 1. The van der Waals surface area contributed by atoms with Gasteiger partial charge in [0.2, 0.25) is 0 Å². The van der Waals surface area contributed by atoms with Gasteiger partial charge in [0, 0.05) is 17.5 Å². The van der Waals surface area contributed by atoms with E-state index in [1.165, 1.54) is 11.6 Å². The summed E-state index contributed by atoms with van der Waals surface area (Å²) in [5, 5.41) is 3.57. The number of allylic oxidation sites excluding steroid dienone is 3. The maximum Gasteiger partial charge on any atom is 0.144 e. The number of aromatic nitrogens is 1. The highest BCUT2D eigenvalue weighted by Crippen LogP contribution is 2.11. The molecule has 0 spiro atoms. The van der Waals surface area contributed by atoms with Crippen molar-refractivity contribution in [2.24, 2.45) is 22.6 Å². The van der Waals surface area contributed by atoms with Crippen molar-refractivity contribution in [1.29, 1.82) is 0 Å². The van der Waals surface area contributed by atoms with Crippen molar-refractivity contribution in [3.8, 4) is 0 Å². The molecule has 0 fully saturated rings. The van der Waals surface area contributed by atoms with E-state index in [0.29, 0.717) is 23.8 Å². The summed E-state index contributed by atoms with van der Waals surface area (Å²) >= 11 is 0. The molecule has 2 heterocycles. The normalized spacial score (nSPS) is 11.3. The topological polar surface area (TPSA) is 81.5 Å². The van der Waals surface area contributed by atoms with E-state index in [4.69, 9.17) is 5.73 Å². The molecule has 30 heavy (non-hydrogen) atoms. The summed E-state index contributed by atoms with van der Waals surface area (Å²) in [4.78, 5) is 13.8. The molecule has 1 aliphatic heterocycles. The van der Waals surface area contributed by atoms with E-state index in [-0.39, 0.29) is 5.92 Å². The number of carbonyl (C=O) groups excluding carboxylic acids is 1. The molecule has 176 valence electrons. The molecule has 1 aromatic heterocycles. The van der Waals surface area contributed by atoms with E-state index in [0.717, 1.165) is 12.1 Å². The molecule has 0 radical (unpaired) electrons.